The maximum absolute atomic E-state index is 10.5. The van der Waals surface area contributed by atoms with E-state index in [-0.39, 0.29) is 28.8 Å². The second-order valence-corrected chi connectivity index (χ2v) is 2.06. The molecule has 1 aliphatic rings. The van der Waals surface area contributed by atoms with Gasteiger partial charge in [-0.1, -0.05) is 0 Å². The van der Waals surface area contributed by atoms with Crippen molar-refractivity contribution in [2.24, 2.45) is 5.73 Å². The molecule has 0 radical (unpaired) electrons. The van der Waals surface area contributed by atoms with Crippen molar-refractivity contribution in [2.45, 2.75) is 18.9 Å². The summed E-state index contributed by atoms with van der Waals surface area (Å²) in [5.41, 5.74) is 5.28. The lowest BCUT2D eigenvalue weighted by molar-refractivity contribution is -0.134. The third kappa shape index (κ3) is 2.07. The van der Waals surface area contributed by atoms with Crippen molar-refractivity contribution in [2.75, 3.05) is 0 Å². The quantitative estimate of drug-likeness (QED) is 0.519. The highest BCUT2D eigenvalue weighted by Gasteiger charge is 2.22. The molecule has 4 nitrogen and oxygen atoms in total. The number of hydrogen-bond acceptors (Lipinski definition) is 3. The topological polar surface area (TPSA) is 72.2 Å². The number of rotatable bonds is 0. The van der Waals surface area contributed by atoms with Crippen LogP contribution in [0, 0.1) is 0 Å². The van der Waals surface area contributed by atoms with E-state index in [1.54, 1.807) is 0 Å². The molecule has 1 atom stereocenters. The largest absolute Gasteiger partial charge is 0.320 e. The van der Waals surface area contributed by atoms with Gasteiger partial charge in [-0.05, 0) is 6.42 Å². The van der Waals surface area contributed by atoms with Gasteiger partial charge in [0.1, 0.15) is 0 Å². The first-order chi connectivity index (χ1) is 4.20. The number of hydrogen-bond donors (Lipinski definition) is 2. The minimum absolute atomic E-state index is 0. The molecule has 1 fully saturated rings. The fourth-order valence-electron chi connectivity index (χ4n) is 0.710. The van der Waals surface area contributed by atoms with Gasteiger partial charge < -0.3 is 5.73 Å². The van der Waals surface area contributed by atoms with Gasteiger partial charge in [0, 0.05) is 6.42 Å². The van der Waals surface area contributed by atoms with Crippen molar-refractivity contribution >= 4 is 28.8 Å². The second kappa shape index (κ2) is 3.68. The van der Waals surface area contributed by atoms with E-state index < -0.39 is 6.04 Å². The Morgan fingerprint density at radius 2 is 2.10 bits per heavy atom. The average Bonchev–Trinajstić information content (AvgIpc) is 1.80. The summed E-state index contributed by atoms with van der Waals surface area (Å²) in [5.74, 6) is -0.576. The second-order valence-electron chi connectivity index (χ2n) is 2.06. The lowest BCUT2D eigenvalue weighted by Gasteiger charge is -2.15. The Morgan fingerprint density at radius 3 is 2.50 bits per heavy atom. The van der Waals surface area contributed by atoms with E-state index in [0.717, 1.165) is 0 Å². The summed E-state index contributed by atoms with van der Waals surface area (Å²) in [5, 5.41) is 2.13. The van der Waals surface area contributed by atoms with Crippen LogP contribution in [-0.4, -0.2) is 17.9 Å². The number of amides is 2. The molecule has 10 heavy (non-hydrogen) atoms. The molecular weight excluding hydrogens is 200 g/mol. The number of carbonyl (C=O) groups excluding carboxylic acids is 2. The highest BCUT2D eigenvalue weighted by molar-refractivity contribution is 8.93. The minimum Gasteiger partial charge on any atom is -0.320 e. The highest BCUT2D eigenvalue weighted by Crippen LogP contribution is 2.00. The van der Waals surface area contributed by atoms with E-state index in [1.807, 2.05) is 0 Å². The van der Waals surface area contributed by atoms with E-state index in [9.17, 15) is 9.59 Å². The Hall–Kier alpha value is -0.420. The Bertz CT molecular complexity index is 160. The molecule has 0 spiro atoms. The molecule has 1 heterocycles. The number of nitrogens with two attached hydrogens (primary N) is 1. The third-order valence-corrected chi connectivity index (χ3v) is 1.28. The molecule has 0 unspecified atom stereocenters. The lowest BCUT2D eigenvalue weighted by atomic mass is 10.1. The van der Waals surface area contributed by atoms with Crippen molar-refractivity contribution in [1.29, 1.82) is 0 Å². The molecule has 0 aromatic rings. The van der Waals surface area contributed by atoms with Crippen LogP contribution in [0.3, 0.4) is 0 Å². The molecule has 2 amide bonds. The zero-order valence-electron chi connectivity index (χ0n) is 5.29. The van der Waals surface area contributed by atoms with Crippen LogP contribution in [0.15, 0.2) is 0 Å². The van der Waals surface area contributed by atoms with Gasteiger partial charge in [-0.2, -0.15) is 0 Å². The maximum atomic E-state index is 10.5. The summed E-state index contributed by atoms with van der Waals surface area (Å²) in [6.07, 6.45) is 0.845. The summed E-state index contributed by atoms with van der Waals surface area (Å²) in [4.78, 5) is 21.0. The Labute approximate surface area is 68.9 Å². The monoisotopic (exact) mass is 208 g/mol. The fraction of sp³-hybridized carbons (Fsp3) is 0.600. The van der Waals surface area contributed by atoms with E-state index in [2.05, 4.69) is 5.32 Å². The van der Waals surface area contributed by atoms with Crippen LogP contribution in [0.4, 0.5) is 0 Å². The number of carbonyl (C=O) groups is 2. The van der Waals surface area contributed by atoms with Crippen LogP contribution < -0.4 is 11.1 Å². The first-order valence-electron chi connectivity index (χ1n) is 2.79. The smallest absolute Gasteiger partial charge is 0.243 e. The van der Waals surface area contributed by atoms with Crippen molar-refractivity contribution in [3.8, 4) is 0 Å². The van der Waals surface area contributed by atoms with Crippen LogP contribution in [0.5, 0.6) is 0 Å². The van der Waals surface area contributed by atoms with Gasteiger partial charge in [0.2, 0.25) is 11.8 Å². The molecule has 0 aromatic heterocycles. The molecule has 1 aliphatic heterocycles. The van der Waals surface area contributed by atoms with Crippen molar-refractivity contribution in [3.63, 3.8) is 0 Å². The molecular formula is C5H9BrN2O2. The first-order valence-corrected chi connectivity index (χ1v) is 2.79. The molecule has 0 saturated carbocycles. The number of nitrogens with one attached hydrogen (secondary N) is 1. The standard InChI is InChI=1S/C5H8N2O2.BrH/c6-3-1-2-4(8)7-5(3)9;/h3H,1-2,6H2,(H,7,8,9);1H/t3-;/m0./s1. The Kier molecular flexibility index (Phi) is 3.52. The molecule has 3 N–H and O–H groups in total. The first kappa shape index (κ1) is 9.58. The Balaban J connectivity index is 0.000000810. The SMILES string of the molecule is Br.N[C@H]1CCC(=O)NC1=O. The maximum Gasteiger partial charge on any atom is 0.243 e. The average molecular weight is 209 g/mol. The molecule has 58 valence electrons. The van der Waals surface area contributed by atoms with Crippen molar-refractivity contribution in [3.05, 3.63) is 0 Å². The highest BCUT2D eigenvalue weighted by atomic mass is 79.9. The molecule has 0 aromatic carbocycles. The minimum atomic E-state index is -0.484. The van der Waals surface area contributed by atoms with E-state index in [1.165, 1.54) is 0 Å². The fourth-order valence-corrected chi connectivity index (χ4v) is 0.710. The normalized spacial score (nSPS) is 25.1. The van der Waals surface area contributed by atoms with Gasteiger partial charge in [-0.25, -0.2) is 0 Å². The predicted octanol–water partition coefficient (Wildman–Crippen LogP) is -0.672. The van der Waals surface area contributed by atoms with Crippen molar-refractivity contribution < 1.29 is 9.59 Å². The zero-order valence-corrected chi connectivity index (χ0v) is 7.01. The van der Waals surface area contributed by atoms with Crippen molar-refractivity contribution in [1.82, 2.24) is 5.32 Å². The van der Waals surface area contributed by atoms with E-state index >= 15 is 0 Å². The molecule has 0 aliphatic carbocycles. The van der Waals surface area contributed by atoms with E-state index in [0.29, 0.717) is 12.8 Å². The van der Waals surface area contributed by atoms with Crippen LogP contribution >= 0.6 is 17.0 Å². The number of halogens is 1. The molecule has 1 saturated heterocycles. The van der Waals surface area contributed by atoms with Crippen LogP contribution in [0.1, 0.15) is 12.8 Å². The van der Waals surface area contributed by atoms with Crippen LogP contribution in [0.2, 0.25) is 0 Å². The summed E-state index contributed by atoms with van der Waals surface area (Å²) < 4.78 is 0. The van der Waals surface area contributed by atoms with Crippen LogP contribution in [-0.2, 0) is 9.59 Å². The summed E-state index contributed by atoms with van der Waals surface area (Å²) in [6.45, 7) is 0. The molecule has 5 heteroatoms. The third-order valence-electron chi connectivity index (χ3n) is 1.28. The van der Waals surface area contributed by atoms with Gasteiger partial charge in [0.05, 0.1) is 6.04 Å². The molecule has 0 bridgehead atoms. The molecule has 1 rings (SSSR count). The van der Waals surface area contributed by atoms with E-state index in [4.69, 9.17) is 5.73 Å². The number of imide groups is 1. The van der Waals surface area contributed by atoms with Gasteiger partial charge in [-0.15, -0.1) is 17.0 Å². The van der Waals surface area contributed by atoms with Gasteiger partial charge in [0.15, 0.2) is 0 Å². The van der Waals surface area contributed by atoms with Gasteiger partial charge >= 0.3 is 0 Å². The summed E-state index contributed by atoms with van der Waals surface area (Å²) >= 11 is 0. The van der Waals surface area contributed by atoms with Crippen LogP contribution in [0.25, 0.3) is 0 Å². The summed E-state index contributed by atoms with van der Waals surface area (Å²) in [6, 6.07) is -0.484. The lowest BCUT2D eigenvalue weighted by Crippen LogP contribution is -2.48. The zero-order chi connectivity index (χ0) is 6.85. The van der Waals surface area contributed by atoms with Gasteiger partial charge in [-0.3, -0.25) is 14.9 Å². The predicted molar refractivity (Wildman–Crippen MR) is 40.7 cm³/mol. The summed E-state index contributed by atoms with van der Waals surface area (Å²) in [7, 11) is 0. The number of piperidine rings is 1. The Morgan fingerprint density at radius 1 is 1.50 bits per heavy atom. The van der Waals surface area contributed by atoms with Gasteiger partial charge in [0.25, 0.3) is 0 Å².